The fourth-order valence-electron chi connectivity index (χ4n) is 1.64. The van der Waals surface area contributed by atoms with Crippen molar-refractivity contribution in [3.8, 4) is 17.2 Å². The fraction of sp³-hybridized carbons (Fsp3) is 0.214. The number of ether oxygens (including phenoxy) is 3. The third kappa shape index (κ3) is 3.13. The third-order valence-corrected chi connectivity index (χ3v) is 2.56. The van der Waals surface area contributed by atoms with E-state index >= 15 is 0 Å². The maximum atomic E-state index is 12.8. The minimum absolute atomic E-state index is 0.214. The molecule has 0 spiro atoms. The molecular weight excluding hydrogens is 249 g/mol. The van der Waals surface area contributed by atoms with E-state index in [4.69, 9.17) is 14.2 Å². The van der Waals surface area contributed by atoms with E-state index in [-0.39, 0.29) is 12.4 Å². The van der Waals surface area contributed by atoms with Crippen LogP contribution in [0.15, 0.2) is 36.5 Å². The molecule has 5 heteroatoms. The number of hydrogen-bond acceptors (Lipinski definition) is 4. The Labute approximate surface area is 110 Å². The van der Waals surface area contributed by atoms with Crippen LogP contribution in [-0.4, -0.2) is 19.2 Å². The standard InChI is InChI=1S/C14H14FNO3/c1-17-13-7-8-16-12(14(13)18-2)9-19-11-5-3-10(15)4-6-11/h3-8H,9H2,1-2H3. The van der Waals surface area contributed by atoms with Gasteiger partial charge < -0.3 is 14.2 Å². The van der Waals surface area contributed by atoms with Crippen LogP contribution in [0.2, 0.25) is 0 Å². The van der Waals surface area contributed by atoms with Gasteiger partial charge in [-0.2, -0.15) is 0 Å². The fourth-order valence-corrected chi connectivity index (χ4v) is 1.64. The molecule has 0 radical (unpaired) electrons. The first-order valence-electron chi connectivity index (χ1n) is 5.69. The van der Waals surface area contributed by atoms with Crippen molar-refractivity contribution >= 4 is 0 Å². The molecule has 2 aromatic rings. The van der Waals surface area contributed by atoms with Gasteiger partial charge in [-0.15, -0.1) is 0 Å². The van der Waals surface area contributed by atoms with Crippen LogP contribution in [0.1, 0.15) is 5.69 Å². The van der Waals surface area contributed by atoms with Crippen molar-refractivity contribution in [2.24, 2.45) is 0 Å². The molecule has 0 aliphatic rings. The maximum Gasteiger partial charge on any atom is 0.185 e. The highest BCUT2D eigenvalue weighted by Crippen LogP contribution is 2.29. The topological polar surface area (TPSA) is 40.6 Å². The smallest absolute Gasteiger partial charge is 0.185 e. The van der Waals surface area contributed by atoms with E-state index in [1.165, 1.54) is 12.1 Å². The summed E-state index contributed by atoms with van der Waals surface area (Å²) in [6.07, 6.45) is 1.62. The van der Waals surface area contributed by atoms with E-state index in [1.54, 1.807) is 38.6 Å². The summed E-state index contributed by atoms with van der Waals surface area (Å²) in [6, 6.07) is 7.50. The van der Waals surface area contributed by atoms with Crippen molar-refractivity contribution in [3.63, 3.8) is 0 Å². The predicted molar refractivity (Wildman–Crippen MR) is 68.1 cm³/mol. The summed E-state index contributed by atoms with van der Waals surface area (Å²) < 4.78 is 28.7. The maximum absolute atomic E-state index is 12.8. The van der Waals surface area contributed by atoms with Crippen molar-refractivity contribution in [2.75, 3.05) is 14.2 Å². The lowest BCUT2D eigenvalue weighted by Crippen LogP contribution is -2.03. The first-order chi connectivity index (χ1) is 9.24. The number of rotatable bonds is 5. The highest BCUT2D eigenvalue weighted by Gasteiger charge is 2.11. The lowest BCUT2D eigenvalue weighted by molar-refractivity contribution is 0.284. The number of methoxy groups -OCH3 is 2. The highest BCUT2D eigenvalue weighted by molar-refractivity contribution is 5.42. The second-order valence-corrected chi connectivity index (χ2v) is 3.74. The summed E-state index contributed by atoms with van der Waals surface area (Å²) in [5.74, 6) is 1.39. The number of aromatic nitrogens is 1. The van der Waals surface area contributed by atoms with Crippen LogP contribution in [0.25, 0.3) is 0 Å². The molecule has 0 aliphatic carbocycles. The van der Waals surface area contributed by atoms with Gasteiger partial charge in [-0.25, -0.2) is 4.39 Å². The molecule has 0 amide bonds. The average molecular weight is 263 g/mol. The van der Waals surface area contributed by atoms with Gasteiger partial charge in [-0.05, 0) is 24.3 Å². The van der Waals surface area contributed by atoms with Gasteiger partial charge >= 0.3 is 0 Å². The molecule has 2 rings (SSSR count). The number of benzene rings is 1. The SMILES string of the molecule is COc1ccnc(COc2ccc(F)cc2)c1OC. The Bertz CT molecular complexity index is 543. The number of hydrogen-bond donors (Lipinski definition) is 0. The van der Waals surface area contributed by atoms with Crippen molar-refractivity contribution in [3.05, 3.63) is 48.0 Å². The highest BCUT2D eigenvalue weighted by atomic mass is 19.1. The Kier molecular flexibility index (Phi) is 4.18. The Morgan fingerprint density at radius 1 is 1.05 bits per heavy atom. The summed E-state index contributed by atoms with van der Waals surface area (Å²) >= 11 is 0. The predicted octanol–water partition coefficient (Wildman–Crippen LogP) is 2.82. The third-order valence-electron chi connectivity index (χ3n) is 2.56. The lowest BCUT2D eigenvalue weighted by Gasteiger charge is -2.12. The Morgan fingerprint density at radius 2 is 1.79 bits per heavy atom. The van der Waals surface area contributed by atoms with Crippen LogP contribution in [0.5, 0.6) is 17.2 Å². The second-order valence-electron chi connectivity index (χ2n) is 3.74. The molecule has 1 heterocycles. The zero-order valence-corrected chi connectivity index (χ0v) is 10.7. The monoisotopic (exact) mass is 263 g/mol. The molecular formula is C14H14FNO3. The Hall–Kier alpha value is -2.30. The van der Waals surface area contributed by atoms with Crippen LogP contribution < -0.4 is 14.2 Å². The van der Waals surface area contributed by atoms with Gasteiger partial charge in [0.25, 0.3) is 0 Å². The van der Waals surface area contributed by atoms with Crippen LogP contribution in [0, 0.1) is 5.82 Å². The van der Waals surface area contributed by atoms with Gasteiger partial charge in [0.1, 0.15) is 23.9 Å². The molecule has 0 bridgehead atoms. The Morgan fingerprint density at radius 3 is 2.42 bits per heavy atom. The minimum Gasteiger partial charge on any atom is -0.493 e. The molecule has 19 heavy (non-hydrogen) atoms. The first kappa shape index (κ1) is 13.1. The summed E-state index contributed by atoms with van der Waals surface area (Å²) in [5, 5.41) is 0. The average Bonchev–Trinajstić information content (AvgIpc) is 2.46. The summed E-state index contributed by atoms with van der Waals surface area (Å²) in [7, 11) is 3.10. The van der Waals surface area contributed by atoms with Crippen LogP contribution >= 0.6 is 0 Å². The lowest BCUT2D eigenvalue weighted by atomic mass is 10.3. The van der Waals surface area contributed by atoms with E-state index in [0.29, 0.717) is 22.9 Å². The molecule has 0 aliphatic heterocycles. The summed E-state index contributed by atoms with van der Waals surface area (Å²) in [4.78, 5) is 4.19. The quantitative estimate of drug-likeness (QED) is 0.831. The summed E-state index contributed by atoms with van der Waals surface area (Å²) in [5.41, 5.74) is 0.617. The van der Waals surface area contributed by atoms with E-state index < -0.39 is 0 Å². The van der Waals surface area contributed by atoms with Crippen molar-refractivity contribution < 1.29 is 18.6 Å². The molecule has 0 fully saturated rings. The van der Waals surface area contributed by atoms with Crippen LogP contribution in [0.3, 0.4) is 0 Å². The molecule has 0 N–H and O–H groups in total. The Balaban J connectivity index is 2.13. The molecule has 1 aromatic heterocycles. The zero-order valence-electron chi connectivity index (χ0n) is 10.7. The number of halogens is 1. The largest absolute Gasteiger partial charge is 0.493 e. The van der Waals surface area contributed by atoms with Crippen molar-refractivity contribution in [1.82, 2.24) is 4.98 Å². The van der Waals surface area contributed by atoms with Crippen LogP contribution in [-0.2, 0) is 6.61 Å². The zero-order chi connectivity index (χ0) is 13.7. The van der Waals surface area contributed by atoms with Crippen LogP contribution in [0.4, 0.5) is 4.39 Å². The van der Waals surface area contributed by atoms with E-state index in [0.717, 1.165) is 0 Å². The molecule has 1 aromatic carbocycles. The summed E-state index contributed by atoms with van der Waals surface area (Å²) in [6.45, 7) is 0.214. The van der Waals surface area contributed by atoms with Crippen molar-refractivity contribution in [1.29, 1.82) is 0 Å². The van der Waals surface area contributed by atoms with E-state index in [1.807, 2.05) is 0 Å². The van der Waals surface area contributed by atoms with Gasteiger partial charge in [0.05, 0.1) is 14.2 Å². The van der Waals surface area contributed by atoms with Gasteiger partial charge in [-0.1, -0.05) is 0 Å². The van der Waals surface area contributed by atoms with E-state index in [2.05, 4.69) is 4.98 Å². The number of pyridine rings is 1. The van der Waals surface area contributed by atoms with Gasteiger partial charge in [0.2, 0.25) is 0 Å². The normalized spacial score (nSPS) is 10.1. The molecule has 0 saturated heterocycles. The molecule has 4 nitrogen and oxygen atoms in total. The van der Waals surface area contributed by atoms with Gasteiger partial charge in [-0.3, -0.25) is 4.98 Å². The molecule has 0 atom stereocenters. The van der Waals surface area contributed by atoms with Gasteiger partial charge in [0.15, 0.2) is 11.5 Å². The molecule has 100 valence electrons. The minimum atomic E-state index is -0.301. The molecule has 0 saturated carbocycles. The number of nitrogens with zero attached hydrogens (tertiary/aromatic N) is 1. The molecule has 0 unspecified atom stereocenters. The first-order valence-corrected chi connectivity index (χ1v) is 5.69. The second kappa shape index (κ2) is 6.04. The van der Waals surface area contributed by atoms with Gasteiger partial charge in [0, 0.05) is 12.3 Å². The van der Waals surface area contributed by atoms with Crippen molar-refractivity contribution in [2.45, 2.75) is 6.61 Å². The van der Waals surface area contributed by atoms with E-state index in [9.17, 15) is 4.39 Å².